The Balaban J connectivity index is 1.91. The third kappa shape index (κ3) is 3.24. The van der Waals surface area contributed by atoms with Gasteiger partial charge < -0.3 is 23.7 Å². The molecule has 2 aromatic carbocycles. The first-order valence-electron chi connectivity index (χ1n) is 7.59. The molecule has 0 bridgehead atoms. The number of methoxy groups -OCH3 is 3. The number of carbonyl (C=O) groups excluding carboxylic acids is 1. The lowest BCUT2D eigenvalue weighted by atomic mass is 10.1. The van der Waals surface area contributed by atoms with Crippen LogP contribution in [-0.2, 0) is 0 Å². The maximum atomic E-state index is 12.3. The SMILES string of the molecule is COc1ccc(C(=O)/C=C/c2cc(OC)c3c(c2OC)OCO3)cc1. The van der Waals surface area contributed by atoms with Gasteiger partial charge in [-0.15, -0.1) is 0 Å². The van der Waals surface area contributed by atoms with E-state index in [0.717, 1.165) is 0 Å². The fourth-order valence-corrected chi connectivity index (χ4v) is 2.54. The van der Waals surface area contributed by atoms with Crippen LogP contribution < -0.4 is 23.7 Å². The van der Waals surface area contributed by atoms with E-state index in [4.69, 9.17) is 23.7 Å². The molecule has 0 aromatic heterocycles. The Labute approximate surface area is 145 Å². The van der Waals surface area contributed by atoms with Crippen molar-refractivity contribution in [2.45, 2.75) is 0 Å². The molecule has 2 aromatic rings. The highest BCUT2D eigenvalue weighted by Crippen LogP contribution is 2.49. The van der Waals surface area contributed by atoms with Crippen LogP contribution in [0.2, 0.25) is 0 Å². The molecule has 0 atom stereocenters. The van der Waals surface area contributed by atoms with Crippen molar-refractivity contribution in [1.82, 2.24) is 0 Å². The molecule has 3 rings (SSSR count). The van der Waals surface area contributed by atoms with E-state index in [2.05, 4.69) is 0 Å². The van der Waals surface area contributed by atoms with Crippen LogP contribution in [0.5, 0.6) is 28.7 Å². The van der Waals surface area contributed by atoms with E-state index < -0.39 is 0 Å². The summed E-state index contributed by atoms with van der Waals surface area (Å²) in [5.41, 5.74) is 1.22. The van der Waals surface area contributed by atoms with Crippen LogP contribution in [-0.4, -0.2) is 33.9 Å². The first-order valence-corrected chi connectivity index (χ1v) is 7.59. The third-order valence-electron chi connectivity index (χ3n) is 3.80. The normalized spacial score (nSPS) is 12.3. The van der Waals surface area contributed by atoms with Gasteiger partial charge in [-0.1, -0.05) is 0 Å². The number of carbonyl (C=O) groups is 1. The quantitative estimate of drug-likeness (QED) is 0.593. The topological polar surface area (TPSA) is 63.2 Å². The fourth-order valence-electron chi connectivity index (χ4n) is 2.54. The van der Waals surface area contributed by atoms with Gasteiger partial charge in [0, 0.05) is 11.1 Å². The molecule has 6 nitrogen and oxygen atoms in total. The average molecular weight is 342 g/mol. The molecular formula is C19H18O6. The number of ketones is 1. The van der Waals surface area contributed by atoms with Gasteiger partial charge in [0.05, 0.1) is 21.3 Å². The first kappa shape index (κ1) is 16.7. The molecule has 130 valence electrons. The van der Waals surface area contributed by atoms with Crippen LogP contribution >= 0.6 is 0 Å². The van der Waals surface area contributed by atoms with Gasteiger partial charge in [-0.3, -0.25) is 4.79 Å². The molecule has 1 heterocycles. The second kappa shape index (κ2) is 7.17. The summed E-state index contributed by atoms with van der Waals surface area (Å²) >= 11 is 0. The molecule has 0 amide bonds. The minimum absolute atomic E-state index is 0.0972. The van der Waals surface area contributed by atoms with E-state index in [0.29, 0.717) is 39.9 Å². The number of hydrogen-bond acceptors (Lipinski definition) is 6. The van der Waals surface area contributed by atoms with Crippen molar-refractivity contribution in [1.29, 1.82) is 0 Å². The summed E-state index contributed by atoms with van der Waals surface area (Å²) < 4.78 is 26.7. The van der Waals surface area contributed by atoms with Crippen LogP contribution in [0.3, 0.4) is 0 Å². The Morgan fingerprint density at radius 1 is 1.00 bits per heavy atom. The van der Waals surface area contributed by atoms with E-state index in [1.807, 2.05) is 0 Å². The number of fused-ring (bicyclic) bond motifs is 1. The highest BCUT2D eigenvalue weighted by Gasteiger charge is 2.26. The fraction of sp³-hybridized carbons (Fsp3) is 0.211. The summed E-state index contributed by atoms with van der Waals surface area (Å²) in [7, 11) is 4.65. The van der Waals surface area contributed by atoms with E-state index in [9.17, 15) is 4.79 Å². The number of allylic oxidation sites excluding steroid dienone is 1. The number of rotatable bonds is 6. The van der Waals surface area contributed by atoms with Gasteiger partial charge in [0.25, 0.3) is 0 Å². The zero-order chi connectivity index (χ0) is 17.8. The summed E-state index contributed by atoms with van der Waals surface area (Å²) in [4.78, 5) is 12.3. The van der Waals surface area contributed by atoms with Crippen LogP contribution in [0.1, 0.15) is 15.9 Å². The second-order valence-corrected chi connectivity index (χ2v) is 5.19. The monoisotopic (exact) mass is 342 g/mol. The molecule has 0 unspecified atom stereocenters. The Hall–Kier alpha value is -3.15. The Morgan fingerprint density at radius 2 is 1.72 bits per heavy atom. The standard InChI is InChI=1S/C19H18O6/c1-21-14-7-4-12(5-8-14)15(20)9-6-13-10-16(22-2)18-19(17(13)23-3)25-11-24-18/h4-10H,11H2,1-3H3/b9-6+. The molecule has 0 spiro atoms. The second-order valence-electron chi connectivity index (χ2n) is 5.19. The van der Waals surface area contributed by atoms with Gasteiger partial charge in [0.2, 0.25) is 18.3 Å². The van der Waals surface area contributed by atoms with Crippen molar-refractivity contribution in [2.75, 3.05) is 28.1 Å². The maximum absolute atomic E-state index is 12.3. The minimum atomic E-state index is -0.138. The van der Waals surface area contributed by atoms with Crippen molar-refractivity contribution < 1.29 is 28.5 Å². The van der Waals surface area contributed by atoms with Gasteiger partial charge in [-0.05, 0) is 42.5 Å². The van der Waals surface area contributed by atoms with E-state index in [1.54, 1.807) is 50.6 Å². The summed E-state index contributed by atoms with van der Waals surface area (Å²) in [6.07, 6.45) is 3.14. The zero-order valence-corrected chi connectivity index (χ0v) is 14.2. The molecule has 1 aliphatic heterocycles. The molecule has 0 saturated carbocycles. The Kier molecular flexibility index (Phi) is 4.79. The minimum Gasteiger partial charge on any atom is -0.497 e. The highest BCUT2D eigenvalue weighted by atomic mass is 16.7. The predicted molar refractivity (Wildman–Crippen MR) is 92.0 cm³/mol. The lowest BCUT2D eigenvalue weighted by Gasteiger charge is -2.11. The number of benzene rings is 2. The molecular weight excluding hydrogens is 324 g/mol. The molecule has 1 aliphatic rings. The molecule has 0 N–H and O–H groups in total. The summed E-state index contributed by atoms with van der Waals surface area (Å²) in [6.45, 7) is 0.0972. The summed E-state index contributed by atoms with van der Waals surface area (Å²) in [6, 6.07) is 8.65. The summed E-state index contributed by atoms with van der Waals surface area (Å²) in [5, 5.41) is 0. The third-order valence-corrected chi connectivity index (χ3v) is 3.80. The average Bonchev–Trinajstić information content (AvgIpc) is 3.14. The lowest BCUT2D eigenvalue weighted by molar-refractivity contribution is 0.104. The number of hydrogen-bond donors (Lipinski definition) is 0. The van der Waals surface area contributed by atoms with Crippen LogP contribution in [0, 0.1) is 0 Å². The smallest absolute Gasteiger partial charge is 0.231 e. The maximum Gasteiger partial charge on any atom is 0.231 e. The molecule has 0 radical (unpaired) electrons. The molecule has 0 aliphatic carbocycles. The molecule has 6 heteroatoms. The number of ether oxygens (including phenoxy) is 5. The van der Waals surface area contributed by atoms with E-state index in [-0.39, 0.29) is 12.6 Å². The van der Waals surface area contributed by atoms with Crippen molar-refractivity contribution in [3.05, 3.63) is 47.5 Å². The van der Waals surface area contributed by atoms with Crippen molar-refractivity contribution in [2.24, 2.45) is 0 Å². The first-order chi connectivity index (χ1) is 12.2. The van der Waals surface area contributed by atoms with Crippen molar-refractivity contribution >= 4 is 11.9 Å². The zero-order valence-electron chi connectivity index (χ0n) is 14.2. The molecule has 0 fully saturated rings. The van der Waals surface area contributed by atoms with Crippen molar-refractivity contribution in [3.63, 3.8) is 0 Å². The Morgan fingerprint density at radius 3 is 2.36 bits per heavy atom. The lowest BCUT2D eigenvalue weighted by Crippen LogP contribution is -1.96. The molecule has 25 heavy (non-hydrogen) atoms. The van der Waals surface area contributed by atoms with Gasteiger partial charge in [-0.2, -0.15) is 0 Å². The van der Waals surface area contributed by atoms with Crippen LogP contribution in [0.4, 0.5) is 0 Å². The Bertz CT molecular complexity index is 808. The van der Waals surface area contributed by atoms with Crippen LogP contribution in [0.15, 0.2) is 36.4 Å². The van der Waals surface area contributed by atoms with Gasteiger partial charge in [0.15, 0.2) is 17.3 Å². The van der Waals surface area contributed by atoms with Crippen molar-refractivity contribution in [3.8, 4) is 28.7 Å². The van der Waals surface area contributed by atoms with Gasteiger partial charge in [0.1, 0.15) is 5.75 Å². The predicted octanol–water partition coefficient (Wildman–Crippen LogP) is 3.34. The largest absolute Gasteiger partial charge is 0.497 e. The van der Waals surface area contributed by atoms with Gasteiger partial charge in [-0.25, -0.2) is 0 Å². The molecule has 0 saturated heterocycles. The van der Waals surface area contributed by atoms with Gasteiger partial charge >= 0.3 is 0 Å². The summed E-state index contributed by atoms with van der Waals surface area (Å²) in [5.74, 6) is 2.54. The highest BCUT2D eigenvalue weighted by molar-refractivity contribution is 6.07. The van der Waals surface area contributed by atoms with Crippen LogP contribution in [0.25, 0.3) is 6.08 Å². The van der Waals surface area contributed by atoms with E-state index >= 15 is 0 Å². The van der Waals surface area contributed by atoms with E-state index in [1.165, 1.54) is 13.2 Å².